The number of nitrogens with zero attached hydrogens (tertiary/aromatic N) is 1. The maximum atomic E-state index is 12.0. The smallest absolute Gasteiger partial charge is 0.349 e. The molecule has 8 heteroatoms. The Morgan fingerprint density at radius 2 is 2.15 bits per heavy atom. The standard InChI is InChI=1S/C12H16N2O4S2/c1-14(2)8-5-4-7-13-20(16,17)10-6-9-19-11(10)12(15)18-3/h6,9,13H,7-8H2,1-3H3. The highest BCUT2D eigenvalue weighted by atomic mass is 32.2. The number of hydrogen-bond acceptors (Lipinski definition) is 6. The number of rotatable bonds is 5. The number of carbonyl (C=O) groups excluding carboxylic acids is 1. The van der Waals surface area contributed by atoms with Gasteiger partial charge in [0.05, 0.1) is 20.2 Å². The Kier molecular flexibility index (Phi) is 6.16. The Bertz CT molecular complexity index is 623. The molecule has 6 nitrogen and oxygen atoms in total. The number of ether oxygens (including phenoxy) is 1. The quantitative estimate of drug-likeness (QED) is 0.628. The number of hydrogen-bond donors (Lipinski definition) is 1. The summed E-state index contributed by atoms with van der Waals surface area (Å²) in [5, 5.41) is 1.53. The summed E-state index contributed by atoms with van der Waals surface area (Å²) in [6.07, 6.45) is 0. The molecular formula is C12H16N2O4S2. The zero-order chi connectivity index (χ0) is 15.2. The molecule has 110 valence electrons. The molecule has 0 aromatic carbocycles. The summed E-state index contributed by atoms with van der Waals surface area (Å²) in [4.78, 5) is 13.3. The maximum Gasteiger partial charge on any atom is 0.349 e. The lowest BCUT2D eigenvalue weighted by atomic mass is 10.5. The van der Waals surface area contributed by atoms with E-state index in [-0.39, 0.29) is 16.3 Å². The van der Waals surface area contributed by atoms with Gasteiger partial charge in [-0.1, -0.05) is 11.8 Å². The first-order chi connectivity index (χ1) is 9.38. The molecule has 0 fully saturated rings. The van der Waals surface area contributed by atoms with Crippen molar-refractivity contribution >= 4 is 27.3 Å². The molecule has 1 aromatic heterocycles. The van der Waals surface area contributed by atoms with E-state index < -0.39 is 16.0 Å². The van der Waals surface area contributed by atoms with Gasteiger partial charge in [-0.05, 0) is 25.5 Å². The minimum absolute atomic E-state index is 0.00731. The van der Waals surface area contributed by atoms with E-state index in [0.29, 0.717) is 6.54 Å². The van der Waals surface area contributed by atoms with E-state index in [1.54, 1.807) is 0 Å². The van der Waals surface area contributed by atoms with Crippen LogP contribution < -0.4 is 4.72 Å². The molecule has 0 saturated carbocycles. The van der Waals surface area contributed by atoms with E-state index in [0.717, 1.165) is 11.3 Å². The molecule has 0 unspecified atom stereocenters. The fourth-order valence-corrected chi connectivity index (χ4v) is 3.49. The Balaban J connectivity index is 2.77. The molecule has 0 spiro atoms. The van der Waals surface area contributed by atoms with Crippen molar-refractivity contribution in [2.24, 2.45) is 0 Å². The summed E-state index contributed by atoms with van der Waals surface area (Å²) in [5.41, 5.74) is 0. The van der Waals surface area contributed by atoms with E-state index in [9.17, 15) is 13.2 Å². The van der Waals surface area contributed by atoms with Crippen LogP contribution in [-0.4, -0.2) is 53.6 Å². The summed E-state index contributed by atoms with van der Waals surface area (Å²) in [5.74, 6) is 4.85. The first-order valence-electron chi connectivity index (χ1n) is 5.64. The molecule has 20 heavy (non-hydrogen) atoms. The highest BCUT2D eigenvalue weighted by Crippen LogP contribution is 2.22. The number of carbonyl (C=O) groups is 1. The minimum Gasteiger partial charge on any atom is -0.465 e. The van der Waals surface area contributed by atoms with Crippen LogP contribution in [-0.2, 0) is 14.8 Å². The predicted molar refractivity (Wildman–Crippen MR) is 77.2 cm³/mol. The third-order valence-corrected chi connectivity index (χ3v) is 4.63. The topological polar surface area (TPSA) is 75.7 Å². The fraction of sp³-hybridized carbons (Fsp3) is 0.417. The zero-order valence-corrected chi connectivity index (χ0v) is 13.1. The Labute approximate surface area is 122 Å². The van der Waals surface area contributed by atoms with E-state index in [2.05, 4.69) is 21.3 Å². The van der Waals surface area contributed by atoms with Crippen LogP contribution in [0, 0.1) is 11.8 Å². The van der Waals surface area contributed by atoms with Gasteiger partial charge in [-0.3, -0.25) is 4.90 Å². The summed E-state index contributed by atoms with van der Waals surface area (Å²) in [6.45, 7) is 0.542. The lowest BCUT2D eigenvalue weighted by Gasteiger charge is -2.04. The SMILES string of the molecule is COC(=O)c1sccc1S(=O)(=O)NCC#CCN(C)C. The van der Waals surface area contributed by atoms with Crippen LogP contribution in [0.1, 0.15) is 9.67 Å². The van der Waals surface area contributed by atoms with Crippen LogP contribution in [0.2, 0.25) is 0 Å². The monoisotopic (exact) mass is 316 g/mol. The highest BCUT2D eigenvalue weighted by molar-refractivity contribution is 7.89. The number of sulfonamides is 1. The van der Waals surface area contributed by atoms with Crippen molar-refractivity contribution in [3.63, 3.8) is 0 Å². The lowest BCUT2D eigenvalue weighted by molar-refractivity contribution is 0.0602. The molecular weight excluding hydrogens is 300 g/mol. The van der Waals surface area contributed by atoms with Crippen molar-refractivity contribution < 1.29 is 17.9 Å². The summed E-state index contributed by atoms with van der Waals surface area (Å²) < 4.78 is 31.0. The van der Waals surface area contributed by atoms with Crippen molar-refractivity contribution in [2.75, 3.05) is 34.3 Å². The predicted octanol–water partition coefficient (Wildman–Crippen LogP) is 0.378. The number of thiophene rings is 1. The number of nitrogens with one attached hydrogen (secondary N) is 1. The Morgan fingerprint density at radius 1 is 1.45 bits per heavy atom. The average molecular weight is 316 g/mol. The van der Waals surface area contributed by atoms with Crippen LogP contribution >= 0.6 is 11.3 Å². The first-order valence-corrected chi connectivity index (χ1v) is 8.00. The fourth-order valence-electron chi connectivity index (χ4n) is 1.24. The molecule has 0 atom stereocenters. The first kappa shape index (κ1) is 16.7. The second-order valence-corrected chi connectivity index (χ2v) is 6.67. The molecule has 0 amide bonds. The van der Waals surface area contributed by atoms with Crippen LogP contribution in [0.3, 0.4) is 0 Å². The molecule has 1 heterocycles. The number of methoxy groups -OCH3 is 1. The van der Waals surface area contributed by atoms with Crippen LogP contribution in [0.5, 0.6) is 0 Å². The lowest BCUT2D eigenvalue weighted by Crippen LogP contribution is -2.25. The Hall–Kier alpha value is -1.40. The van der Waals surface area contributed by atoms with Crippen molar-refractivity contribution in [1.82, 2.24) is 9.62 Å². The molecule has 0 aliphatic heterocycles. The molecule has 1 N–H and O–H groups in total. The van der Waals surface area contributed by atoms with Gasteiger partial charge >= 0.3 is 5.97 Å². The second kappa shape index (κ2) is 7.40. The molecule has 0 aliphatic rings. The normalized spacial score (nSPS) is 11.0. The summed E-state index contributed by atoms with van der Waals surface area (Å²) in [6, 6.07) is 1.37. The van der Waals surface area contributed by atoms with Gasteiger partial charge in [-0.2, -0.15) is 4.72 Å². The van der Waals surface area contributed by atoms with Crippen LogP contribution in [0.25, 0.3) is 0 Å². The third-order valence-electron chi connectivity index (χ3n) is 2.16. The van der Waals surface area contributed by atoms with E-state index in [1.807, 2.05) is 19.0 Å². The van der Waals surface area contributed by atoms with Crippen molar-refractivity contribution in [2.45, 2.75) is 4.90 Å². The molecule has 0 radical (unpaired) electrons. The molecule has 0 saturated heterocycles. The van der Waals surface area contributed by atoms with Crippen molar-refractivity contribution in [3.05, 3.63) is 16.3 Å². The third kappa shape index (κ3) is 4.61. The molecule has 0 aliphatic carbocycles. The van der Waals surface area contributed by atoms with E-state index >= 15 is 0 Å². The van der Waals surface area contributed by atoms with Gasteiger partial charge in [0.25, 0.3) is 0 Å². The Morgan fingerprint density at radius 3 is 2.75 bits per heavy atom. The van der Waals surface area contributed by atoms with Gasteiger partial charge < -0.3 is 4.74 Å². The number of esters is 1. The van der Waals surface area contributed by atoms with Gasteiger partial charge in [0, 0.05) is 0 Å². The van der Waals surface area contributed by atoms with Gasteiger partial charge in [0.15, 0.2) is 0 Å². The summed E-state index contributed by atoms with van der Waals surface area (Å²) in [7, 11) is 1.18. The van der Waals surface area contributed by atoms with Gasteiger partial charge in [-0.25, -0.2) is 13.2 Å². The largest absolute Gasteiger partial charge is 0.465 e. The second-order valence-electron chi connectivity index (χ2n) is 4.02. The van der Waals surface area contributed by atoms with Gasteiger partial charge in [0.2, 0.25) is 10.0 Å². The minimum atomic E-state index is -3.76. The average Bonchev–Trinajstić information content (AvgIpc) is 2.87. The highest BCUT2D eigenvalue weighted by Gasteiger charge is 2.23. The van der Waals surface area contributed by atoms with Crippen LogP contribution in [0.15, 0.2) is 16.3 Å². The zero-order valence-electron chi connectivity index (χ0n) is 11.5. The van der Waals surface area contributed by atoms with E-state index in [1.165, 1.54) is 18.6 Å². The van der Waals surface area contributed by atoms with Gasteiger partial charge in [0.1, 0.15) is 9.77 Å². The van der Waals surface area contributed by atoms with Crippen molar-refractivity contribution in [1.29, 1.82) is 0 Å². The van der Waals surface area contributed by atoms with Crippen LogP contribution in [0.4, 0.5) is 0 Å². The molecule has 1 aromatic rings. The van der Waals surface area contributed by atoms with E-state index in [4.69, 9.17) is 0 Å². The summed E-state index contributed by atoms with van der Waals surface area (Å²) >= 11 is 1.02. The van der Waals surface area contributed by atoms with Crippen molar-refractivity contribution in [3.8, 4) is 11.8 Å². The molecule has 1 rings (SSSR count). The maximum absolute atomic E-state index is 12.0. The van der Waals surface area contributed by atoms with Gasteiger partial charge in [-0.15, -0.1) is 11.3 Å². The molecule has 0 bridgehead atoms.